The number of benzene rings is 1. The Morgan fingerprint density at radius 3 is 2.58 bits per heavy atom. The predicted molar refractivity (Wildman–Crippen MR) is 98.5 cm³/mol. The van der Waals surface area contributed by atoms with Crippen molar-refractivity contribution in [1.29, 1.82) is 0 Å². The van der Waals surface area contributed by atoms with E-state index in [1.807, 2.05) is 12.1 Å². The lowest BCUT2D eigenvalue weighted by atomic mass is 10.1. The summed E-state index contributed by atoms with van der Waals surface area (Å²) in [5, 5.41) is 0. The van der Waals surface area contributed by atoms with Gasteiger partial charge in [-0.3, -0.25) is 4.40 Å². The summed E-state index contributed by atoms with van der Waals surface area (Å²) in [6.07, 6.45) is 1.77. The molecule has 0 aliphatic rings. The van der Waals surface area contributed by atoms with E-state index in [1.54, 1.807) is 25.6 Å². The Kier molecular flexibility index (Phi) is 4.78. The van der Waals surface area contributed by atoms with Gasteiger partial charge in [0.25, 0.3) is 0 Å². The van der Waals surface area contributed by atoms with E-state index in [1.165, 1.54) is 16.3 Å². The number of hydrogen-bond acceptors (Lipinski definition) is 5. The van der Waals surface area contributed by atoms with E-state index in [4.69, 9.17) is 20.2 Å². The molecule has 6 heteroatoms. The molecule has 0 atom stereocenters. The first-order chi connectivity index (χ1) is 11.6. The average molecular weight is 345 g/mol. The van der Waals surface area contributed by atoms with Crippen LogP contribution in [0.1, 0.15) is 23.2 Å². The highest BCUT2D eigenvalue weighted by Crippen LogP contribution is 2.38. The fourth-order valence-electron chi connectivity index (χ4n) is 3.06. The number of rotatable bonds is 6. The Labute approximate surface area is 146 Å². The monoisotopic (exact) mass is 345 g/mol. The summed E-state index contributed by atoms with van der Waals surface area (Å²) >= 11 is 1.74. The Balaban J connectivity index is 2.27. The van der Waals surface area contributed by atoms with Gasteiger partial charge in [0, 0.05) is 22.6 Å². The summed E-state index contributed by atoms with van der Waals surface area (Å²) in [4.78, 5) is 7.07. The zero-order chi connectivity index (χ0) is 17.3. The van der Waals surface area contributed by atoms with Crippen LogP contribution in [0.25, 0.3) is 16.2 Å². The van der Waals surface area contributed by atoms with Crippen molar-refractivity contribution in [1.82, 2.24) is 9.38 Å². The number of thiazole rings is 1. The van der Waals surface area contributed by atoms with Crippen LogP contribution in [-0.4, -0.2) is 30.1 Å². The highest BCUT2D eigenvalue weighted by Gasteiger charge is 2.20. The molecule has 2 aromatic heterocycles. The van der Waals surface area contributed by atoms with E-state index in [2.05, 4.69) is 24.3 Å². The standard InChI is InChI=1S/C18H23N3O2S/c1-5-16-17(12-6-7-14(22-3)15(10-12)23-4)21-13(8-9-19)11(2)20-18(21)24-16/h6-7,10H,5,8-9,19H2,1-4H3. The Bertz CT molecular complexity index is 867. The molecule has 0 unspecified atom stereocenters. The van der Waals surface area contributed by atoms with Gasteiger partial charge in [-0.1, -0.05) is 6.92 Å². The molecular weight excluding hydrogens is 322 g/mol. The average Bonchev–Trinajstić information content (AvgIpc) is 3.10. The van der Waals surface area contributed by atoms with Gasteiger partial charge in [0.05, 0.1) is 25.6 Å². The molecule has 0 bridgehead atoms. The van der Waals surface area contributed by atoms with Crippen LogP contribution < -0.4 is 15.2 Å². The number of methoxy groups -OCH3 is 2. The zero-order valence-corrected chi connectivity index (χ0v) is 15.4. The number of fused-ring (bicyclic) bond motifs is 1. The van der Waals surface area contributed by atoms with Crippen molar-refractivity contribution in [3.05, 3.63) is 34.5 Å². The van der Waals surface area contributed by atoms with Crippen molar-refractivity contribution in [2.75, 3.05) is 20.8 Å². The third-order valence-electron chi connectivity index (χ3n) is 4.20. The highest BCUT2D eigenvalue weighted by atomic mass is 32.1. The highest BCUT2D eigenvalue weighted by molar-refractivity contribution is 7.17. The van der Waals surface area contributed by atoms with Gasteiger partial charge in [0.1, 0.15) is 0 Å². The molecular formula is C18H23N3O2S. The molecule has 3 aromatic rings. The quantitative estimate of drug-likeness (QED) is 0.743. The summed E-state index contributed by atoms with van der Waals surface area (Å²) in [6.45, 7) is 4.83. The molecule has 0 aliphatic carbocycles. The topological polar surface area (TPSA) is 61.8 Å². The van der Waals surface area contributed by atoms with Gasteiger partial charge in [-0.2, -0.15) is 0 Å². The summed E-state index contributed by atoms with van der Waals surface area (Å²) < 4.78 is 13.1. The molecule has 0 aliphatic heterocycles. The van der Waals surface area contributed by atoms with Gasteiger partial charge in [-0.05, 0) is 38.1 Å². The SMILES string of the molecule is CCc1sc2nc(C)c(CCN)n2c1-c1ccc(OC)c(OC)c1. The molecule has 0 saturated carbocycles. The lowest BCUT2D eigenvalue weighted by Gasteiger charge is -2.11. The smallest absolute Gasteiger partial charge is 0.194 e. The van der Waals surface area contributed by atoms with E-state index >= 15 is 0 Å². The zero-order valence-electron chi connectivity index (χ0n) is 14.5. The van der Waals surface area contributed by atoms with Crippen molar-refractivity contribution in [2.45, 2.75) is 26.7 Å². The van der Waals surface area contributed by atoms with E-state index < -0.39 is 0 Å². The molecule has 5 nitrogen and oxygen atoms in total. The predicted octanol–water partition coefficient (Wildman–Crippen LogP) is 3.45. The van der Waals surface area contributed by atoms with Gasteiger partial charge in [0.15, 0.2) is 16.5 Å². The molecule has 2 heterocycles. The second kappa shape index (κ2) is 6.83. The first-order valence-electron chi connectivity index (χ1n) is 8.06. The lowest BCUT2D eigenvalue weighted by molar-refractivity contribution is 0.355. The van der Waals surface area contributed by atoms with Crippen LogP contribution in [-0.2, 0) is 12.8 Å². The number of hydrogen-bond donors (Lipinski definition) is 1. The van der Waals surface area contributed by atoms with Gasteiger partial charge in [-0.15, -0.1) is 11.3 Å². The number of aromatic nitrogens is 2. The fraction of sp³-hybridized carbons (Fsp3) is 0.389. The van der Waals surface area contributed by atoms with Crippen molar-refractivity contribution in [3.63, 3.8) is 0 Å². The molecule has 0 saturated heterocycles. The maximum absolute atomic E-state index is 5.82. The van der Waals surface area contributed by atoms with Crippen LogP contribution >= 0.6 is 11.3 Å². The van der Waals surface area contributed by atoms with Gasteiger partial charge in [0.2, 0.25) is 0 Å². The second-order valence-corrected chi connectivity index (χ2v) is 6.66. The molecule has 3 rings (SSSR count). The third-order valence-corrected chi connectivity index (χ3v) is 5.39. The Morgan fingerprint density at radius 1 is 1.21 bits per heavy atom. The van der Waals surface area contributed by atoms with E-state index in [0.717, 1.165) is 40.6 Å². The maximum Gasteiger partial charge on any atom is 0.194 e. The largest absolute Gasteiger partial charge is 0.493 e. The Morgan fingerprint density at radius 2 is 1.96 bits per heavy atom. The number of imidazole rings is 1. The van der Waals surface area contributed by atoms with E-state index in [0.29, 0.717) is 6.54 Å². The second-order valence-electron chi connectivity index (χ2n) is 5.60. The van der Waals surface area contributed by atoms with Crippen molar-refractivity contribution in [2.24, 2.45) is 5.73 Å². The summed E-state index contributed by atoms with van der Waals surface area (Å²) in [6, 6.07) is 6.05. The molecule has 2 N–H and O–H groups in total. The van der Waals surface area contributed by atoms with Gasteiger partial charge < -0.3 is 15.2 Å². The minimum Gasteiger partial charge on any atom is -0.493 e. The minimum absolute atomic E-state index is 0.608. The summed E-state index contributed by atoms with van der Waals surface area (Å²) in [5.74, 6) is 1.46. The number of aryl methyl sites for hydroxylation is 2. The number of nitrogens with two attached hydrogens (primary N) is 1. The fourth-order valence-corrected chi connectivity index (χ4v) is 4.21. The van der Waals surface area contributed by atoms with E-state index in [9.17, 15) is 0 Å². The summed E-state index contributed by atoms with van der Waals surface area (Å²) in [5.41, 5.74) is 10.3. The molecule has 24 heavy (non-hydrogen) atoms. The minimum atomic E-state index is 0.608. The molecule has 1 aromatic carbocycles. The van der Waals surface area contributed by atoms with Crippen LogP contribution in [0.4, 0.5) is 0 Å². The van der Waals surface area contributed by atoms with Crippen LogP contribution in [0.15, 0.2) is 18.2 Å². The first kappa shape index (κ1) is 16.8. The number of ether oxygens (including phenoxy) is 2. The van der Waals surface area contributed by atoms with E-state index in [-0.39, 0.29) is 0 Å². The number of nitrogens with zero attached hydrogens (tertiary/aromatic N) is 2. The molecule has 0 fully saturated rings. The summed E-state index contributed by atoms with van der Waals surface area (Å²) in [7, 11) is 3.31. The normalized spacial score (nSPS) is 11.2. The van der Waals surface area contributed by atoms with Crippen molar-refractivity contribution < 1.29 is 9.47 Å². The van der Waals surface area contributed by atoms with Crippen molar-refractivity contribution in [3.8, 4) is 22.8 Å². The van der Waals surface area contributed by atoms with Crippen LogP contribution in [0.3, 0.4) is 0 Å². The third kappa shape index (κ3) is 2.65. The molecule has 0 spiro atoms. The van der Waals surface area contributed by atoms with Crippen molar-refractivity contribution >= 4 is 16.3 Å². The first-order valence-corrected chi connectivity index (χ1v) is 8.88. The molecule has 0 radical (unpaired) electrons. The van der Waals surface area contributed by atoms with Crippen LogP contribution in [0, 0.1) is 6.92 Å². The lowest BCUT2D eigenvalue weighted by Crippen LogP contribution is -2.07. The Hall–Kier alpha value is -2.05. The maximum atomic E-state index is 5.82. The molecule has 128 valence electrons. The van der Waals surface area contributed by atoms with Crippen LogP contribution in [0.2, 0.25) is 0 Å². The van der Waals surface area contributed by atoms with Gasteiger partial charge in [-0.25, -0.2) is 4.98 Å². The van der Waals surface area contributed by atoms with Gasteiger partial charge >= 0.3 is 0 Å². The van der Waals surface area contributed by atoms with Crippen LogP contribution in [0.5, 0.6) is 11.5 Å². The molecule has 0 amide bonds.